The van der Waals surface area contributed by atoms with E-state index < -0.39 is 0 Å². The molecule has 1 unspecified atom stereocenters. The molecule has 0 nitrogen and oxygen atoms in total. The summed E-state index contributed by atoms with van der Waals surface area (Å²) in [6, 6.07) is 19.7. The molecule has 0 amide bonds. The molecule has 0 saturated heterocycles. The maximum atomic E-state index is 2.28. The number of hydrogen-bond donors (Lipinski definition) is 0. The summed E-state index contributed by atoms with van der Waals surface area (Å²) in [6.45, 7) is 0. The first-order valence-electron chi connectivity index (χ1n) is 5.58. The van der Waals surface area contributed by atoms with Crippen molar-refractivity contribution in [3.05, 3.63) is 71.3 Å². The molecule has 0 saturated carbocycles. The van der Waals surface area contributed by atoms with Gasteiger partial charge in [0.2, 0.25) is 0 Å². The van der Waals surface area contributed by atoms with Gasteiger partial charge < -0.3 is 0 Å². The number of fused-ring (bicyclic) bond motifs is 1. The summed E-state index contributed by atoms with van der Waals surface area (Å²) in [6.07, 6.45) is 2.50. The Hall–Kier alpha value is -0.761. The van der Waals surface area contributed by atoms with Crippen LogP contribution in [0.15, 0.2) is 54.6 Å². The van der Waals surface area contributed by atoms with Crippen molar-refractivity contribution in [1.82, 2.24) is 0 Å². The molecule has 0 fully saturated rings. The summed E-state index contributed by atoms with van der Waals surface area (Å²) < 4.78 is 0. The predicted molar refractivity (Wildman–Crippen MR) is 68.8 cm³/mol. The van der Waals surface area contributed by atoms with Gasteiger partial charge in [0.1, 0.15) is 0 Å². The van der Waals surface area contributed by atoms with Crippen LogP contribution < -0.4 is 0 Å². The second kappa shape index (κ2) is 5.05. The van der Waals surface area contributed by atoms with Crippen LogP contribution in [-0.4, -0.2) is 23.9 Å². The van der Waals surface area contributed by atoms with Gasteiger partial charge in [-0.25, -0.2) is 0 Å². The van der Waals surface area contributed by atoms with Crippen LogP contribution in [0.5, 0.6) is 0 Å². The molecule has 16 heavy (non-hydrogen) atoms. The van der Waals surface area contributed by atoms with E-state index in [1.54, 1.807) is 0 Å². The van der Waals surface area contributed by atoms with Crippen LogP contribution in [0.1, 0.15) is 29.0 Å². The fourth-order valence-corrected chi connectivity index (χ4v) is 2.59. The van der Waals surface area contributed by atoms with Gasteiger partial charge >= 0.3 is 0 Å². The molecule has 0 bridgehead atoms. The van der Waals surface area contributed by atoms with Crippen LogP contribution in [0.4, 0.5) is 0 Å². The van der Waals surface area contributed by atoms with E-state index in [-0.39, 0.29) is 23.9 Å². The zero-order valence-electron chi connectivity index (χ0n) is 9.19. The molecule has 4 radical (unpaired) electrons. The van der Waals surface area contributed by atoms with Crippen molar-refractivity contribution in [2.75, 3.05) is 0 Å². The number of aryl methyl sites for hydroxylation is 1. The van der Waals surface area contributed by atoms with Gasteiger partial charge in [-0.1, -0.05) is 54.6 Å². The van der Waals surface area contributed by atoms with Crippen molar-refractivity contribution >= 4 is 23.9 Å². The van der Waals surface area contributed by atoms with E-state index in [4.69, 9.17) is 0 Å². The first-order valence-corrected chi connectivity index (χ1v) is 5.58. The number of hydrogen-bond acceptors (Lipinski definition) is 0. The van der Waals surface area contributed by atoms with Gasteiger partial charge in [-0.15, -0.1) is 0 Å². The minimum Gasteiger partial charge on any atom is -0.0622 e. The molecule has 0 aromatic heterocycles. The third-order valence-electron chi connectivity index (χ3n) is 3.33. The van der Waals surface area contributed by atoms with Crippen LogP contribution in [0.2, 0.25) is 0 Å². The minimum atomic E-state index is 0. The molecule has 0 heterocycles. The zero-order chi connectivity index (χ0) is 10.1. The SMILES string of the molecule is [Sn].c1ccc(C2CCc3ccccc32)cc1. The van der Waals surface area contributed by atoms with Crippen molar-refractivity contribution in [1.29, 1.82) is 0 Å². The molecule has 0 aliphatic heterocycles. The molecule has 2 aromatic rings. The molecule has 1 aliphatic carbocycles. The summed E-state index contributed by atoms with van der Waals surface area (Å²) in [5.74, 6) is 0.627. The summed E-state index contributed by atoms with van der Waals surface area (Å²) in [7, 11) is 0. The Morgan fingerprint density at radius 1 is 0.812 bits per heavy atom. The Balaban J connectivity index is 0.000000963. The average Bonchev–Trinajstić information content (AvgIpc) is 2.74. The maximum absolute atomic E-state index is 2.28. The first-order chi connectivity index (χ1) is 7.45. The summed E-state index contributed by atoms with van der Waals surface area (Å²) in [5, 5.41) is 0. The van der Waals surface area contributed by atoms with Crippen molar-refractivity contribution < 1.29 is 0 Å². The maximum Gasteiger partial charge on any atom is 0.00952 e. The fourth-order valence-electron chi connectivity index (χ4n) is 2.59. The second-order valence-electron chi connectivity index (χ2n) is 4.20. The van der Waals surface area contributed by atoms with E-state index >= 15 is 0 Å². The third-order valence-corrected chi connectivity index (χ3v) is 3.33. The average molecular weight is 313 g/mol. The molecule has 3 rings (SSSR count). The second-order valence-corrected chi connectivity index (χ2v) is 4.20. The normalized spacial score (nSPS) is 17.6. The predicted octanol–water partition coefficient (Wildman–Crippen LogP) is 3.38. The van der Waals surface area contributed by atoms with Gasteiger partial charge in [0, 0.05) is 29.8 Å². The first kappa shape index (κ1) is 11.7. The summed E-state index contributed by atoms with van der Waals surface area (Å²) in [5.41, 5.74) is 4.53. The van der Waals surface area contributed by atoms with Crippen LogP contribution in [0, 0.1) is 0 Å². The Morgan fingerprint density at radius 2 is 1.50 bits per heavy atom. The van der Waals surface area contributed by atoms with E-state index in [0.29, 0.717) is 5.92 Å². The number of benzene rings is 2. The summed E-state index contributed by atoms with van der Waals surface area (Å²) in [4.78, 5) is 0. The Labute approximate surface area is 114 Å². The summed E-state index contributed by atoms with van der Waals surface area (Å²) >= 11 is 0. The van der Waals surface area contributed by atoms with Crippen LogP contribution in [-0.2, 0) is 6.42 Å². The van der Waals surface area contributed by atoms with Gasteiger partial charge in [-0.05, 0) is 29.5 Å². The smallest absolute Gasteiger partial charge is 0.00952 e. The molecular formula is C15H14Sn. The van der Waals surface area contributed by atoms with Gasteiger partial charge in [-0.3, -0.25) is 0 Å². The van der Waals surface area contributed by atoms with Gasteiger partial charge in [0.25, 0.3) is 0 Å². The molecule has 1 atom stereocenters. The molecule has 1 heteroatoms. The van der Waals surface area contributed by atoms with Crippen molar-refractivity contribution in [2.45, 2.75) is 18.8 Å². The van der Waals surface area contributed by atoms with Crippen LogP contribution >= 0.6 is 0 Å². The zero-order valence-corrected chi connectivity index (χ0v) is 12.0. The Kier molecular flexibility index (Phi) is 3.69. The topological polar surface area (TPSA) is 0 Å². The molecular weight excluding hydrogens is 299 g/mol. The third kappa shape index (κ3) is 2.03. The standard InChI is InChI=1S/C15H14.Sn/c1-2-6-12(7-3-1)15-11-10-13-8-4-5-9-14(13)15;/h1-9,15H,10-11H2;. The minimum absolute atomic E-state index is 0. The van der Waals surface area contributed by atoms with Gasteiger partial charge in [0.05, 0.1) is 0 Å². The molecule has 1 aliphatic rings. The van der Waals surface area contributed by atoms with Crippen LogP contribution in [0.25, 0.3) is 0 Å². The Bertz CT molecular complexity index is 462. The fraction of sp³-hybridized carbons (Fsp3) is 0.200. The van der Waals surface area contributed by atoms with E-state index in [9.17, 15) is 0 Å². The van der Waals surface area contributed by atoms with Crippen molar-refractivity contribution in [2.24, 2.45) is 0 Å². The Morgan fingerprint density at radius 3 is 2.31 bits per heavy atom. The van der Waals surface area contributed by atoms with Gasteiger partial charge in [0.15, 0.2) is 0 Å². The van der Waals surface area contributed by atoms with E-state index in [2.05, 4.69) is 54.6 Å². The van der Waals surface area contributed by atoms with E-state index in [1.165, 1.54) is 29.5 Å². The van der Waals surface area contributed by atoms with Crippen molar-refractivity contribution in [3.63, 3.8) is 0 Å². The van der Waals surface area contributed by atoms with Crippen LogP contribution in [0.3, 0.4) is 0 Å². The quantitative estimate of drug-likeness (QED) is 0.708. The molecule has 2 aromatic carbocycles. The van der Waals surface area contributed by atoms with Gasteiger partial charge in [-0.2, -0.15) is 0 Å². The van der Waals surface area contributed by atoms with Crippen molar-refractivity contribution in [3.8, 4) is 0 Å². The monoisotopic (exact) mass is 314 g/mol. The number of rotatable bonds is 1. The van der Waals surface area contributed by atoms with E-state index in [0.717, 1.165) is 0 Å². The molecule has 78 valence electrons. The molecule has 0 spiro atoms. The largest absolute Gasteiger partial charge is 0.0622 e. The molecule has 0 N–H and O–H groups in total. The van der Waals surface area contributed by atoms with E-state index in [1.807, 2.05) is 0 Å².